The number of nitrogens with two attached hydrogens (primary N) is 2. The molecule has 0 bridgehead atoms. The van der Waals surface area contributed by atoms with Crippen LogP contribution in [0.2, 0.25) is 0 Å². The summed E-state index contributed by atoms with van der Waals surface area (Å²) in [5, 5.41) is 8.59. The van der Waals surface area contributed by atoms with Crippen molar-refractivity contribution in [3.8, 4) is 0 Å². The lowest BCUT2D eigenvalue weighted by atomic mass is 10.3. The van der Waals surface area contributed by atoms with E-state index >= 15 is 0 Å². The first-order chi connectivity index (χ1) is 6.11. The first-order valence-electron chi connectivity index (χ1n) is 3.98. The number of hydrogen-bond acceptors (Lipinski definition) is 4. The van der Waals surface area contributed by atoms with E-state index in [9.17, 15) is 9.59 Å². The van der Waals surface area contributed by atoms with Crippen LogP contribution in [0.5, 0.6) is 0 Å². The van der Waals surface area contributed by atoms with E-state index in [4.69, 9.17) is 16.6 Å². The summed E-state index contributed by atoms with van der Waals surface area (Å²) in [5.41, 5.74) is 10.1. The minimum Gasteiger partial charge on any atom is -0.395 e. The van der Waals surface area contributed by atoms with E-state index in [2.05, 4.69) is 0 Å². The molecule has 0 aromatic rings. The van der Waals surface area contributed by atoms with Crippen LogP contribution in [0.1, 0.15) is 6.42 Å². The Hall–Kier alpha value is -1.14. The molecule has 0 radical (unpaired) electrons. The van der Waals surface area contributed by atoms with Gasteiger partial charge in [0.05, 0.1) is 13.2 Å². The zero-order valence-corrected chi connectivity index (χ0v) is 7.40. The highest BCUT2D eigenvalue weighted by molar-refractivity contribution is 5.83. The highest BCUT2D eigenvalue weighted by Crippen LogP contribution is 1.92. The molecule has 0 heterocycles. The summed E-state index contributed by atoms with van der Waals surface area (Å²) in [6.45, 7) is -0.0235. The van der Waals surface area contributed by atoms with Gasteiger partial charge in [-0.2, -0.15) is 0 Å². The van der Waals surface area contributed by atoms with Crippen LogP contribution in [0.4, 0.5) is 0 Å². The van der Waals surface area contributed by atoms with Crippen molar-refractivity contribution in [1.82, 2.24) is 4.90 Å². The van der Waals surface area contributed by atoms with Gasteiger partial charge in [-0.1, -0.05) is 0 Å². The van der Waals surface area contributed by atoms with E-state index in [0.29, 0.717) is 0 Å². The van der Waals surface area contributed by atoms with Crippen molar-refractivity contribution in [2.75, 3.05) is 26.2 Å². The van der Waals surface area contributed by atoms with E-state index in [-0.39, 0.29) is 38.6 Å². The first-order valence-corrected chi connectivity index (χ1v) is 3.98. The van der Waals surface area contributed by atoms with Gasteiger partial charge in [0, 0.05) is 19.5 Å². The summed E-state index contributed by atoms with van der Waals surface area (Å²) in [5.74, 6) is -0.867. The Kier molecular flexibility index (Phi) is 5.82. The maximum atomic E-state index is 11.2. The zero-order valence-electron chi connectivity index (χ0n) is 7.40. The summed E-state index contributed by atoms with van der Waals surface area (Å²) in [6, 6.07) is 0. The summed E-state index contributed by atoms with van der Waals surface area (Å²) >= 11 is 0. The Labute approximate surface area is 76.5 Å². The first kappa shape index (κ1) is 11.9. The van der Waals surface area contributed by atoms with Gasteiger partial charge >= 0.3 is 0 Å². The number of primary amides is 1. The number of aliphatic hydroxyl groups excluding tert-OH is 1. The molecule has 6 nitrogen and oxygen atoms in total. The Morgan fingerprint density at radius 3 is 2.38 bits per heavy atom. The molecule has 0 spiro atoms. The number of aliphatic hydroxyl groups is 1. The van der Waals surface area contributed by atoms with Crippen molar-refractivity contribution in [3.05, 3.63) is 0 Å². The molecule has 0 aliphatic rings. The average molecular weight is 189 g/mol. The van der Waals surface area contributed by atoms with Gasteiger partial charge in [0.2, 0.25) is 11.8 Å². The summed E-state index contributed by atoms with van der Waals surface area (Å²) in [6.07, 6.45) is 0.160. The zero-order chi connectivity index (χ0) is 10.3. The molecule has 76 valence electrons. The van der Waals surface area contributed by atoms with Crippen molar-refractivity contribution in [2.24, 2.45) is 11.5 Å². The lowest BCUT2D eigenvalue weighted by Gasteiger charge is -2.19. The van der Waals surface area contributed by atoms with Crippen LogP contribution in [-0.2, 0) is 9.59 Å². The van der Waals surface area contributed by atoms with Gasteiger partial charge in [0.25, 0.3) is 0 Å². The van der Waals surface area contributed by atoms with E-state index in [1.807, 2.05) is 0 Å². The predicted molar refractivity (Wildman–Crippen MR) is 46.5 cm³/mol. The second-order valence-electron chi connectivity index (χ2n) is 2.54. The highest BCUT2D eigenvalue weighted by Gasteiger charge is 2.13. The topological polar surface area (TPSA) is 110 Å². The minimum absolute atomic E-state index is 0.113. The lowest BCUT2D eigenvalue weighted by molar-refractivity contribution is -0.135. The Morgan fingerprint density at radius 1 is 1.38 bits per heavy atom. The van der Waals surface area contributed by atoms with Crippen molar-refractivity contribution in [3.63, 3.8) is 0 Å². The summed E-state index contributed by atoms with van der Waals surface area (Å²) in [7, 11) is 0. The van der Waals surface area contributed by atoms with Crippen LogP contribution in [0.25, 0.3) is 0 Å². The van der Waals surface area contributed by atoms with Gasteiger partial charge < -0.3 is 21.5 Å². The molecule has 0 rings (SSSR count). The standard InChI is InChI=1S/C7H15N3O3/c8-2-1-7(13)10(3-4-11)5-6(9)12/h11H,1-5,8H2,(H2,9,12). The molecular weight excluding hydrogens is 174 g/mol. The van der Waals surface area contributed by atoms with Gasteiger partial charge in [0.15, 0.2) is 0 Å². The molecule has 0 aromatic heterocycles. The molecule has 6 heteroatoms. The lowest BCUT2D eigenvalue weighted by Crippen LogP contribution is -2.40. The number of hydrogen-bond donors (Lipinski definition) is 3. The molecule has 2 amide bonds. The quantitative estimate of drug-likeness (QED) is 0.434. The summed E-state index contributed by atoms with van der Waals surface area (Å²) in [4.78, 5) is 22.9. The van der Waals surface area contributed by atoms with Crippen molar-refractivity contribution >= 4 is 11.8 Å². The Balaban J connectivity index is 4.06. The number of amides is 2. The van der Waals surface area contributed by atoms with Gasteiger partial charge in [-0.15, -0.1) is 0 Å². The maximum Gasteiger partial charge on any atom is 0.237 e. The number of carbonyl (C=O) groups is 2. The smallest absolute Gasteiger partial charge is 0.237 e. The van der Waals surface area contributed by atoms with E-state index in [1.54, 1.807) is 0 Å². The van der Waals surface area contributed by atoms with Crippen molar-refractivity contribution in [2.45, 2.75) is 6.42 Å². The third-order valence-corrected chi connectivity index (χ3v) is 1.43. The molecule has 0 unspecified atom stereocenters. The Bertz CT molecular complexity index is 184. The second kappa shape index (κ2) is 6.38. The van der Waals surface area contributed by atoms with E-state index in [0.717, 1.165) is 0 Å². The fraction of sp³-hybridized carbons (Fsp3) is 0.714. The highest BCUT2D eigenvalue weighted by atomic mass is 16.3. The van der Waals surface area contributed by atoms with Crippen LogP contribution < -0.4 is 11.5 Å². The van der Waals surface area contributed by atoms with Gasteiger partial charge in [-0.05, 0) is 0 Å². The van der Waals surface area contributed by atoms with E-state index < -0.39 is 5.91 Å². The minimum atomic E-state index is -0.598. The molecule has 5 N–H and O–H groups in total. The normalized spacial score (nSPS) is 9.69. The van der Waals surface area contributed by atoms with Crippen LogP contribution in [0, 0.1) is 0 Å². The largest absolute Gasteiger partial charge is 0.395 e. The third-order valence-electron chi connectivity index (χ3n) is 1.43. The van der Waals surface area contributed by atoms with Crippen LogP contribution in [0.15, 0.2) is 0 Å². The number of carbonyl (C=O) groups excluding carboxylic acids is 2. The molecule has 0 aliphatic carbocycles. The monoisotopic (exact) mass is 189 g/mol. The second-order valence-corrected chi connectivity index (χ2v) is 2.54. The average Bonchev–Trinajstić information content (AvgIpc) is 2.03. The number of rotatable bonds is 6. The van der Waals surface area contributed by atoms with E-state index in [1.165, 1.54) is 4.90 Å². The fourth-order valence-corrected chi connectivity index (χ4v) is 0.882. The Morgan fingerprint density at radius 2 is 2.00 bits per heavy atom. The van der Waals surface area contributed by atoms with Crippen LogP contribution >= 0.6 is 0 Å². The molecule has 0 aliphatic heterocycles. The van der Waals surface area contributed by atoms with Gasteiger partial charge in [-0.25, -0.2) is 0 Å². The summed E-state index contributed by atoms with van der Waals surface area (Å²) < 4.78 is 0. The molecule has 0 atom stereocenters. The van der Waals surface area contributed by atoms with Crippen LogP contribution in [0.3, 0.4) is 0 Å². The van der Waals surface area contributed by atoms with Crippen LogP contribution in [-0.4, -0.2) is 48.1 Å². The molecule has 0 fully saturated rings. The number of nitrogens with zero attached hydrogens (tertiary/aromatic N) is 1. The molecule has 0 saturated carbocycles. The van der Waals surface area contributed by atoms with Gasteiger partial charge in [-0.3, -0.25) is 9.59 Å². The molecular formula is C7H15N3O3. The fourth-order valence-electron chi connectivity index (χ4n) is 0.882. The van der Waals surface area contributed by atoms with Gasteiger partial charge in [0.1, 0.15) is 0 Å². The molecule has 0 saturated heterocycles. The van der Waals surface area contributed by atoms with Crippen molar-refractivity contribution < 1.29 is 14.7 Å². The molecule has 13 heavy (non-hydrogen) atoms. The predicted octanol–water partition coefficient (Wildman–Crippen LogP) is -2.36. The van der Waals surface area contributed by atoms with Crippen molar-refractivity contribution in [1.29, 1.82) is 0 Å². The SMILES string of the molecule is NCCC(=O)N(CCO)CC(N)=O. The maximum absolute atomic E-state index is 11.2. The third kappa shape index (κ3) is 5.15. The molecule has 0 aromatic carbocycles.